The lowest BCUT2D eigenvalue weighted by molar-refractivity contribution is -0.125. The fourth-order valence-corrected chi connectivity index (χ4v) is 1.52. The Labute approximate surface area is 119 Å². The van der Waals surface area contributed by atoms with Crippen LogP contribution in [-0.2, 0) is 9.53 Å². The summed E-state index contributed by atoms with van der Waals surface area (Å²) in [6.45, 7) is 8.06. The molecule has 0 aliphatic heterocycles. The molecule has 106 valence electrons. The third kappa shape index (κ3) is 5.94. The van der Waals surface area contributed by atoms with Crippen LogP contribution < -0.4 is 10.1 Å². The third-order valence-electron chi connectivity index (χ3n) is 2.15. The third-order valence-corrected chi connectivity index (χ3v) is 2.39. The number of amides is 1. The molecule has 0 aliphatic rings. The van der Waals surface area contributed by atoms with Gasteiger partial charge in [0.15, 0.2) is 0 Å². The number of halogens is 1. The van der Waals surface area contributed by atoms with Crippen LogP contribution in [0.1, 0.15) is 27.7 Å². The second-order valence-electron chi connectivity index (χ2n) is 5.02. The summed E-state index contributed by atoms with van der Waals surface area (Å²) in [7, 11) is 0. The van der Waals surface area contributed by atoms with E-state index in [0.717, 1.165) is 0 Å². The van der Waals surface area contributed by atoms with Crippen molar-refractivity contribution in [3.05, 3.63) is 23.2 Å². The van der Waals surface area contributed by atoms with Crippen LogP contribution in [0.3, 0.4) is 0 Å². The van der Waals surface area contributed by atoms with Crippen molar-refractivity contribution in [2.75, 3.05) is 18.5 Å². The Morgan fingerprint density at radius 3 is 2.63 bits per heavy atom. The Morgan fingerprint density at radius 1 is 1.37 bits per heavy atom. The van der Waals surface area contributed by atoms with Crippen molar-refractivity contribution in [1.82, 2.24) is 0 Å². The van der Waals surface area contributed by atoms with Gasteiger partial charge in [0.05, 0.1) is 17.9 Å². The van der Waals surface area contributed by atoms with Gasteiger partial charge in [0, 0.05) is 5.02 Å². The van der Waals surface area contributed by atoms with E-state index in [0.29, 0.717) is 23.1 Å². The summed E-state index contributed by atoms with van der Waals surface area (Å²) in [6, 6.07) is 5.10. The molecule has 0 radical (unpaired) electrons. The molecular formula is C14H20ClNO3. The minimum absolute atomic E-state index is 0.0123. The molecule has 19 heavy (non-hydrogen) atoms. The lowest BCUT2D eigenvalue weighted by atomic mass is 10.2. The molecule has 0 unspecified atom stereocenters. The predicted octanol–water partition coefficient (Wildman–Crippen LogP) is 3.49. The minimum Gasteiger partial charge on any atom is -0.492 e. The molecule has 0 heterocycles. The number of nitrogens with one attached hydrogen (secondary N) is 1. The summed E-state index contributed by atoms with van der Waals surface area (Å²) in [6.07, 6.45) is 0. The molecular weight excluding hydrogens is 266 g/mol. The molecule has 0 spiro atoms. The first kappa shape index (κ1) is 15.8. The first-order valence-corrected chi connectivity index (χ1v) is 6.56. The molecule has 1 N–H and O–H groups in total. The fraction of sp³-hybridized carbons (Fsp3) is 0.500. The average Bonchev–Trinajstić information content (AvgIpc) is 2.29. The van der Waals surface area contributed by atoms with Crippen LogP contribution in [0.4, 0.5) is 5.69 Å². The normalized spacial score (nSPS) is 11.2. The van der Waals surface area contributed by atoms with Gasteiger partial charge in [-0.25, -0.2) is 0 Å². The van der Waals surface area contributed by atoms with Gasteiger partial charge in [0.2, 0.25) is 5.91 Å². The van der Waals surface area contributed by atoms with Gasteiger partial charge in [-0.3, -0.25) is 4.79 Å². The van der Waals surface area contributed by atoms with Gasteiger partial charge in [0.25, 0.3) is 0 Å². The molecule has 1 aromatic carbocycles. The summed E-state index contributed by atoms with van der Waals surface area (Å²) >= 11 is 5.91. The van der Waals surface area contributed by atoms with Crippen LogP contribution >= 0.6 is 11.6 Å². The first-order valence-electron chi connectivity index (χ1n) is 6.18. The molecule has 0 bridgehead atoms. The number of carbonyl (C=O) groups excluding carboxylic acids is 1. The molecule has 1 rings (SSSR count). The zero-order valence-electron chi connectivity index (χ0n) is 11.7. The van der Waals surface area contributed by atoms with Crippen LogP contribution in [0, 0.1) is 0 Å². The number of hydrogen-bond acceptors (Lipinski definition) is 3. The molecule has 0 fully saturated rings. The molecule has 0 saturated heterocycles. The van der Waals surface area contributed by atoms with E-state index in [1.807, 2.05) is 27.7 Å². The quantitative estimate of drug-likeness (QED) is 0.901. The number of carbonyl (C=O) groups is 1. The molecule has 0 aromatic heterocycles. The summed E-state index contributed by atoms with van der Waals surface area (Å²) in [5.74, 6) is 0.356. The van der Waals surface area contributed by atoms with Crippen molar-refractivity contribution in [3.8, 4) is 5.75 Å². The minimum atomic E-state index is -0.353. The smallest absolute Gasteiger partial charge is 0.250 e. The van der Waals surface area contributed by atoms with Crippen molar-refractivity contribution in [2.45, 2.75) is 33.3 Å². The van der Waals surface area contributed by atoms with Gasteiger partial charge in [-0.2, -0.15) is 0 Å². The molecule has 0 aliphatic carbocycles. The number of ether oxygens (including phenoxy) is 2. The highest BCUT2D eigenvalue weighted by Gasteiger charge is 2.14. The number of hydrogen-bond donors (Lipinski definition) is 1. The standard InChI is InChI=1S/C14H20ClNO3/c1-5-18-12-7-6-10(15)8-11(12)16-13(17)9-19-14(2,3)4/h6-8H,5,9H2,1-4H3,(H,16,17). The monoisotopic (exact) mass is 285 g/mol. The van der Waals surface area contributed by atoms with E-state index in [4.69, 9.17) is 21.1 Å². The molecule has 0 atom stereocenters. The highest BCUT2D eigenvalue weighted by Crippen LogP contribution is 2.28. The number of rotatable bonds is 5. The summed E-state index contributed by atoms with van der Waals surface area (Å²) in [5, 5.41) is 3.27. The summed E-state index contributed by atoms with van der Waals surface area (Å²) in [5.41, 5.74) is 0.200. The van der Waals surface area contributed by atoms with Crippen molar-refractivity contribution in [2.24, 2.45) is 0 Å². The van der Waals surface area contributed by atoms with Crippen molar-refractivity contribution in [1.29, 1.82) is 0 Å². The maximum Gasteiger partial charge on any atom is 0.250 e. The largest absolute Gasteiger partial charge is 0.492 e. The first-order chi connectivity index (χ1) is 8.81. The Kier molecular flexibility index (Phi) is 5.63. The average molecular weight is 286 g/mol. The van der Waals surface area contributed by atoms with Crippen molar-refractivity contribution in [3.63, 3.8) is 0 Å². The van der Waals surface area contributed by atoms with E-state index in [9.17, 15) is 4.79 Å². The number of benzene rings is 1. The lowest BCUT2D eigenvalue weighted by Crippen LogP contribution is -2.27. The van der Waals surface area contributed by atoms with Crippen LogP contribution in [0.15, 0.2) is 18.2 Å². The highest BCUT2D eigenvalue weighted by atomic mass is 35.5. The molecule has 4 nitrogen and oxygen atoms in total. The summed E-state index contributed by atoms with van der Waals surface area (Å²) in [4.78, 5) is 11.8. The van der Waals surface area contributed by atoms with E-state index >= 15 is 0 Å². The van der Waals surface area contributed by atoms with Crippen LogP contribution in [-0.4, -0.2) is 24.7 Å². The van der Waals surface area contributed by atoms with Gasteiger partial charge in [-0.05, 0) is 45.9 Å². The second-order valence-corrected chi connectivity index (χ2v) is 5.46. The zero-order chi connectivity index (χ0) is 14.5. The maximum atomic E-state index is 11.8. The topological polar surface area (TPSA) is 47.6 Å². The van der Waals surface area contributed by atoms with Gasteiger partial charge >= 0.3 is 0 Å². The van der Waals surface area contributed by atoms with Gasteiger partial charge < -0.3 is 14.8 Å². The van der Waals surface area contributed by atoms with Crippen molar-refractivity contribution < 1.29 is 14.3 Å². The van der Waals surface area contributed by atoms with Crippen LogP contribution in [0.25, 0.3) is 0 Å². The fourth-order valence-electron chi connectivity index (χ4n) is 1.35. The summed E-state index contributed by atoms with van der Waals surface area (Å²) < 4.78 is 10.8. The Balaban J connectivity index is 2.69. The van der Waals surface area contributed by atoms with Gasteiger partial charge in [-0.15, -0.1) is 0 Å². The number of anilines is 1. The Hall–Kier alpha value is -1.26. The van der Waals surface area contributed by atoms with E-state index < -0.39 is 0 Å². The van der Waals surface area contributed by atoms with E-state index in [1.165, 1.54) is 0 Å². The maximum absolute atomic E-state index is 11.8. The molecule has 5 heteroatoms. The Bertz CT molecular complexity index is 441. The lowest BCUT2D eigenvalue weighted by Gasteiger charge is -2.19. The highest BCUT2D eigenvalue weighted by molar-refractivity contribution is 6.31. The molecule has 0 saturated carbocycles. The van der Waals surface area contributed by atoms with Gasteiger partial charge in [-0.1, -0.05) is 11.6 Å². The van der Waals surface area contributed by atoms with E-state index in [-0.39, 0.29) is 18.1 Å². The van der Waals surface area contributed by atoms with E-state index in [1.54, 1.807) is 18.2 Å². The Morgan fingerprint density at radius 2 is 2.05 bits per heavy atom. The van der Waals surface area contributed by atoms with E-state index in [2.05, 4.69) is 5.32 Å². The van der Waals surface area contributed by atoms with Gasteiger partial charge in [0.1, 0.15) is 12.4 Å². The SMILES string of the molecule is CCOc1ccc(Cl)cc1NC(=O)COC(C)(C)C. The molecule has 1 amide bonds. The predicted molar refractivity (Wildman–Crippen MR) is 77.0 cm³/mol. The zero-order valence-corrected chi connectivity index (χ0v) is 12.5. The van der Waals surface area contributed by atoms with Crippen LogP contribution in [0.2, 0.25) is 5.02 Å². The van der Waals surface area contributed by atoms with Crippen molar-refractivity contribution >= 4 is 23.2 Å². The second kappa shape index (κ2) is 6.78. The molecule has 1 aromatic rings. The van der Waals surface area contributed by atoms with Crippen LogP contribution in [0.5, 0.6) is 5.75 Å².